The number of rotatable bonds is 3. The molecule has 0 spiro atoms. The van der Waals surface area contributed by atoms with Crippen LogP contribution in [0.5, 0.6) is 0 Å². The Morgan fingerprint density at radius 3 is 2.87 bits per heavy atom. The van der Waals surface area contributed by atoms with E-state index < -0.39 is 27.8 Å². The average Bonchev–Trinajstić information content (AvgIpc) is 2.17. The maximum Gasteiger partial charge on any atom is 0.324 e. The smallest absolute Gasteiger partial charge is 0.324 e. The lowest BCUT2D eigenvalue weighted by Crippen LogP contribution is -2.53. The maximum absolute atomic E-state index is 11.5. The van der Waals surface area contributed by atoms with Gasteiger partial charge in [0.2, 0.25) is 10.0 Å². The van der Waals surface area contributed by atoms with E-state index >= 15 is 0 Å². The Labute approximate surface area is 86.9 Å². The number of nitriles is 1. The fraction of sp³-hybridized carbons (Fsp3) is 0.714. The summed E-state index contributed by atoms with van der Waals surface area (Å²) in [5.74, 6) is -1.98. The first kappa shape index (κ1) is 11.9. The molecule has 1 heterocycles. The number of nitrogens with zero attached hydrogens (tertiary/aromatic N) is 2. The summed E-state index contributed by atoms with van der Waals surface area (Å²) in [5.41, 5.74) is 0. The molecular formula is C7H10N2O5S. The van der Waals surface area contributed by atoms with Gasteiger partial charge in [-0.1, -0.05) is 0 Å². The molecule has 8 heteroatoms. The van der Waals surface area contributed by atoms with Gasteiger partial charge in [0, 0.05) is 6.54 Å². The Kier molecular flexibility index (Phi) is 3.62. The van der Waals surface area contributed by atoms with Crippen LogP contribution >= 0.6 is 0 Å². The topological polar surface area (TPSA) is 108 Å². The molecular weight excluding hydrogens is 224 g/mol. The number of carboxylic acids is 1. The molecule has 1 unspecified atom stereocenters. The fourth-order valence-electron chi connectivity index (χ4n) is 1.28. The van der Waals surface area contributed by atoms with E-state index in [1.807, 2.05) is 0 Å². The van der Waals surface area contributed by atoms with Crippen molar-refractivity contribution in [3.63, 3.8) is 0 Å². The van der Waals surface area contributed by atoms with Gasteiger partial charge >= 0.3 is 5.97 Å². The van der Waals surface area contributed by atoms with Gasteiger partial charge in [-0.2, -0.15) is 9.57 Å². The third-order valence-corrected chi connectivity index (χ3v) is 3.61. The summed E-state index contributed by atoms with van der Waals surface area (Å²) < 4.78 is 28.7. The summed E-state index contributed by atoms with van der Waals surface area (Å²) in [6.07, 6.45) is 0. The third-order valence-electron chi connectivity index (χ3n) is 1.97. The summed E-state index contributed by atoms with van der Waals surface area (Å²) in [5, 5.41) is 17.1. The summed E-state index contributed by atoms with van der Waals surface area (Å²) in [7, 11) is -3.82. The van der Waals surface area contributed by atoms with E-state index in [-0.39, 0.29) is 19.8 Å². The monoisotopic (exact) mass is 234 g/mol. The van der Waals surface area contributed by atoms with Gasteiger partial charge in [-0.25, -0.2) is 8.42 Å². The van der Waals surface area contributed by atoms with Gasteiger partial charge in [-0.15, -0.1) is 0 Å². The highest BCUT2D eigenvalue weighted by molar-refractivity contribution is 7.89. The lowest BCUT2D eigenvalue weighted by Gasteiger charge is -2.30. The van der Waals surface area contributed by atoms with Gasteiger partial charge in [-0.05, 0) is 0 Å². The molecule has 1 aliphatic rings. The minimum absolute atomic E-state index is 0.0268. The standard InChI is InChI=1S/C7H10N2O5S/c8-1-4-15(12,13)9-2-3-14-5-6(9)7(10)11/h6H,2-5H2,(H,10,11). The van der Waals surface area contributed by atoms with Gasteiger partial charge in [0.05, 0.1) is 19.3 Å². The number of hydrogen-bond acceptors (Lipinski definition) is 5. The average molecular weight is 234 g/mol. The van der Waals surface area contributed by atoms with E-state index in [0.29, 0.717) is 0 Å². The number of carboxylic acid groups (broad SMARTS) is 1. The SMILES string of the molecule is N#CCS(=O)(=O)N1CCOCC1C(=O)O. The lowest BCUT2D eigenvalue weighted by molar-refractivity contribution is -0.146. The van der Waals surface area contributed by atoms with Crippen LogP contribution in [-0.2, 0) is 19.6 Å². The highest BCUT2D eigenvalue weighted by Crippen LogP contribution is 2.12. The molecule has 0 aromatic heterocycles. The van der Waals surface area contributed by atoms with Gasteiger partial charge in [0.25, 0.3) is 0 Å². The largest absolute Gasteiger partial charge is 0.480 e. The van der Waals surface area contributed by atoms with E-state index in [4.69, 9.17) is 15.1 Å². The molecule has 84 valence electrons. The zero-order valence-corrected chi connectivity index (χ0v) is 8.61. The van der Waals surface area contributed by atoms with Crippen molar-refractivity contribution >= 4 is 16.0 Å². The zero-order chi connectivity index (χ0) is 11.5. The van der Waals surface area contributed by atoms with Crippen molar-refractivity contribution in [1.29, 1.82) is 5.26 Å². The van der Waals surface area contributed by atoms with E-state index in [0.717, 1.165) is 4.31 Å². The molecule has 1 saturated heterocycles. The number of sulfonamides is 1. The van der Waals surface area contributed by atoms with Crippen LogP contribution in [0.2, 0.25) is 0 Å². The van der Waals surface area contributed by atoms with Gasteiger partial charge in [-0.3, -0.25) is 4.79 Å². The second-order valence-corrected chi connectivity index (χ2v) is 4.88. The molecule has 1 rings (SSSR count). The third kappa shape index (κ3) is 2.65. The highest BCUT2D eigenvalue weighted by Gasteiger charge is 2.37. The van der Waals surface area contributed by atoms with Crippen LogP contribution in [0.3, 0.4) is 0 Å². The first-order valence-corrected chi connectivity index (χ1v) is 5.77. The summed E-state index contributed by atoms with van der Waals surface area (Å²) in [6, 6.07) is 0.276. The maximum atomic E-state index is 11.5. The van der Waals surface area contributed by atoms with Crippen LogP contribution in [0.1, 0.15) is 0 Å². The summed E-state index contributed by atoms with van der Waals surface area (Å²) in [6.45, 7) is -0.0601. The molecule has 0 saturated carbocycles. The van der Waals surface area contributed by atoms with Crippen molar-refractivity contribution in [2.75, 3.05) is 25.5 Å². The minimum Gasteiger partial charge on any atom is -0.480 e. The first-order chi connectivity index (χ1) is 6.99. The Morgan fingerprint density at radius 1 is 1.67 bits per heavy atom. The molecule has 0 aromatic carbocycles. The predicted octanol–water partition coefficient (Wildman–Crippen LogP) is -1.37. The molecule has 1 fully saturated rings. The highest BCUT2D eigenvalue weighted by atomic mass is 32.2. The normalized spacial score (nSPS) is 23.3. The Balaban J connectivity index is 2.91. The Hall–Kier alpha value is -1.17. The van der Waals surface area contributed by atoms with Crippen LogP contribution in [0.15, 0.2) is 0 Å². The van der Waals surface area contributed by atoms with Crippen molar-refractivity contribution in [2.24, 2.45) is 0 Å². The van der Waals surface area contributed by atoms with Crippen LogP contribution in [0.25, 0.3) is 0 Å². The second kappa shape index (κ2) is 4.57. The minimum atomic E-state index is -3.82. The number of hydrogen-bond donors (Lipinski definition) is 1. The molecule has 0 aromatic rings. The Bertz CT molecular complexity index is 385. The zero-order valence-electron chi connectivity index (χ0n) is 7.79. The van der Waals surface area contributed by atoms with Gasteiger partial charge in [0.1, 0.15) is 6.04 Å². The molecule has 0 aliphatic carbocycles. The van der Waals surface area contributed by atoms with E-state index in [1.165, 1.54) is 6.07 Å². The van der Waals surface area contributed by atoms with Crippen molar-refractivity contribution < 1.29 is 23.1 Å². The van der Waals surface area contributed by atoms with Crippen LogP contribution in [0.4, 0.5) is 0 Å². The van der Waals surface area contributed by atoms with Crippen molar-refractivity contribution in [3.05, 3.63) is 0 Å². The molecule has 0 radical (unpaired) electrons. The molecule has 1 N–H and O–H groups in total. The van der Waals surface area contributed by atoms with E-state index in [9.17, 15) is 13.2 Å². The van der Waals surface area contributed by atoms with E-state index in [2.05, 4.69) is 0 Å². The van der Waals surface area contributed by atoms with Crippen molar-refractivity contribution in [1.82, 2.24) is 4.31 Å². The van der Waals surface area contributed by atoms with Gasteiger partial charge in [0.15, 0.2) is 5.75 Å². The van der Waals surface area contributed by atoms with Crippen LogP contribution in [0, 0.1) is 11.3 Å². The lowest BCUT2D eigenvalue weighted by atomic mass is 10.3. The first-order valence-electron chi connectivity index (χ1n) is 4.16. The number of aliphatic carboxylic acids is 1. The molecule has 15 heavy (non-hydrogen) atoms. The molecule has 1 atom stereocenters. The quantitative estimate of drug-likeness (QED) is 0.645. The number of morpholine rings is 1. The van der Waals surface area contributed by atoms with Crippen LogP contribution in [-0.4, -0.2) is 55.4 Å². The van der Waals surface area contributed by atoms with Crippen molar-refractivity contribution in [2.45, 2.75) is 6.04 Å². The summed E-state index contributed by atoms with van der Waals surface area (Å²) in [4.78, 5) is 10.7. The predicted molar refractivity (Wildman–Crippen MR) is 48.3 cm³/mol. The molecule has 7 nitrogen and oxygen atoms in total. The molecule has 0 amide bonds. The number of ether oxygens (including phenoxy) is 1. The number of carbonyl (C=O) groups is 1. The van der Waals surface area contributed by atoms with Gasteiger partial charge < -0.3 is 9.84 Å². The van der Waals surface area contributed by atoms with E-state index in [1.54, 1.807) is 0 Å². The molecule has 0 bridgehead atoms. The fourth-order valence-corrected chi connectivity index (χ4v) is 2.50. The van der Waals surface area contributed by atoms with Crippen molar-refractivity contribution in [3.8, 4) is 6.07 Å². The van der Waals surface area contributed by atoms with Crippen LogP contribution < -0.4 is 0 Å². The second-order valence-electron chi connectivity index (χ2n) is 2.95. The summed E-state index contributed by atoms with van der Waals surface area (Å²) >= 11 is 0. The Morgan fingerprint density at radius 2 is 2.33 bits per heavy atom. The molecule has 1 aliphatic heterocycles.